The second-order valence-electron chi connectivity index (χ2n) is 4.66. The van der Waals surface area contributed by atoms with Crippen molar-refractivity contribution in [2.45, 2.75) is 18.4 Å². The average Bonchev–Trinajstić information content (AvgIpc) is 2.41. The van der Waals surface area contributed by atoms with Crippen molar-refractivity contribution in [3.05, 3.63) is 65.2 Å². The molecular weight excluding hydrogens is 254 g/mol. The molecule has 98 valence electrons. The van der Waals surface area contributed by atoms with Gasteiger partial charge in [0.05, 0.1) is 5.56 Å². The Morgan fingerprint density at radius 3 is 2.37 bits per heavy atom. The Kier molecular flexibility index (Phi) is 4.27. The van der Waals surface area contributed by atoms with E-state index in [0.717, 1.165) is 5.56 Å². The molecule has 0 heterocycles. The maximum absolute atomic E-state index is 12.3. The zero-order valence-corrected chi connectivity index (χ0v) is 12.0. The number of nitrogens with zero attached hydrogens (tertiary/aromatic N) is 1. The fourth-order valence-electron chi connectivity index (χ4n) is 1.90. The summed E-state index contributed by atoms with van der Waals surface area (Å²) in [7, 11) is 1.81. The third-order valence-corrected chi connectivity index (χ3v) is 3.41. The number of thiol groups is 1. The van der Waals surface area contributed by atoms with Gasteiger partial charge in [-0.2, -0.15) is 0 Å². The normalized spacial score (nSPS) is 10.3. The summed E-state index contributed by atoms with van der Waals surface area (Å²) >= 11 is 4.32. The largest absolute Gasteiger partial charge is 0.337 e. The van der Waals surface area contributed by atoms with E-state index in [1.165, 1.54) is 5.56 Å². The van der Waals surface area contributed by atoms with Gasteiger partial charge in [0.15, 0.2) is 0 Å². The second kappa shape index (κ2) is 5.93. The minimum atomic E-state index is -0.00817. The van der Waals surface area contributed by atoms with Gasteiger partial charge in [-0.1, -0.05) is 42.0 Å². The Hall–Kier alpha value is -1.74. The molecule has 19 heavy (non-hydrogen) atoms. The lowest BCUT2D eigenvalue weighted by Crippen LogP contribution is -2.26. The van der Waals surface area contributed by atoms with Gasteiger partial charge in [-0.3, -0.25) is 4.79 Å². The fraction of sp³-hybridized carbons (Fsp3) is 0.188. The first-order valence-corrected chi connectivity index (χ1v) is 6.61. The Bertz CT molecular complexity index is 578. The van der Waals surface area contributed by atoms with E-state index in [-0.39, 0.29) is 5.91 Å². The molecule has 0 atom stereocenters. The number of benzene rings is 2. The smallest absolute Gasteiger partial charge is 0.255 e. The Balaban J connectivity index is 2.12. The van der Waals surface area contributed by atoms with Gasteiger partial charge < -0.3 is 4.90 Å². The molecule has 2 nitrogen and oxygen atoms in total. The van der Waals surface area contributed by atoms with Crippen LogP contribution in [0.5, 0.6) is 0 Å². The maximum atomic E-state index is 12.3. The summed E-state index contributed by atoms with van der Waals surface area (Å²) in [4.78, 5) is 14.7. The van der Waals surface area contributed by atoms with E-state index >= 15 is 0 Å². The predicted molar refractivity (Wildman–Crippen MR) is 80.7 cm³/mol. The number of hydrogen-bond donors (Lipinski definition) is 1. The van der Waals surface area contributed by atoms with Crippen molar-refractivity contribution in [2.24, 2.45) is 0 Å². The van der Waals surface area contributed by atoms with E-state index < -0.39 is 0 Å². The molecule has 2 aromatic carbocycles. The van der Waals surface area contributed by atoms with Crippen LogP contribution in [0.25, 0.3) is 0 Å². The highest BCUT2D eigenvalue weighted by Gasteiger charge is 2.14. The molecule has 0 aliphatic heterocycles. The van der Waals surface area contributed by atoms with Crippen LogP contribution in [0.1, 0.15) is 21.5 Å². The quantitative estimate of drug-likeness (QED) is 0.846. The van der Waals surface area contributed by atoms with Gasteiger partial charge in [0, 0.05) is 18.5 Å². The van der Waals surface area contributed by atoms with Crippen LogP contribution in [0.4, 0.5) is 0 Å². The molecule has 0 radical (unpaired) electrons. The van der Waals surface area contributed by atoms with E-state index in [0.29, 0.717) is 17.0 Å². The number of rotatable bonds is 3. The second-order valence-corrected chi connectivity index (χ2v) is 5.15. The molecule has 0 aromatic heterocycles. The lowest BCUT2D eigenvalue weighted by Gasteiger charge is -2.18. The van der Waals surface area contributed by atoms with E-state index in [2.05, 4.69) is 31.7 Å². The minimum absolute atomic E-state index is 0.00817. The van der Waals surface area contributed by atoms with Gasteiger partial charge in [-0.05, 0) is 24.6 Å². The van der Waals surface area contributed by atoms with Crippen LogP contribution in [-0.4, -0.2) is 17.9 Å². The summed E-state index contributed by atoms with van der Waals surface area (Å²) < 4.78 is 0. The minimum Gasteiger partial charge on any atom is -0.337 e. The van der Waals surface area contributed by atoms with Crippen LogP contribution in [0, 0.1) is 6.92 Å². The third-order valence-electron chi connectivity index (χ3n) is 3.02. The first kappa shape index (κ1) is 13.7. The summed E-state index contributed by atoms with van der Waals surface area (Å²) in [5.41, 5.74) is 2.98. The van der Waals surface area contributed by atoms with Gasteiger partial charge in [0.2, 0.25) is 0 Å². The Labute approximate surface area is 119 Å². The Morgan fingerprint density at radius 2 is 1.74 bits per heavy atom. The first-order chi connectivity index (χ1) is 9.08. The molecule has 0 N–H and O–H groups in total. The molecule has 2 rings (SSSR count). The molecule has 0 unspecified atom stereocenters. The number of carbonyl (C=O) groups excluding carboxylic acids is 1. The van der Waals surface area contributed by atoms with E-state index in [9.17, 15) is 4.79 Å². The molecule has 0 spiro atoms. The summed E-state index contributed by atoms with van der Waals surface area (Å²) in [5.74, 6) is -0.00817. The molecule has 1 amide bonds. The zero-order chi connectivity index (χ0) is 13.8. The van der Waals surface area contributed by atoms with Gasteiger partial charge in [0.1, 0.15) is 0 Å². The lowest BCUT2D eigenvalue weighted by atomic mass is 10.1. The molecule has 3 heteroatoms. The summed E-state index contributed by atoms with van der Waals surface area (Å²) in [6.07, 6.45) is 0. The van der Waals surface area contributed by atoms with Crippen LogP contribution in [-0.2, 0) is 6.54 Å². The van der Waals surface area contributed by atoms with Crippen molar-refractivity contribution >= 4 is 18.5 Å². The molecule has 2 aromatic rings. The SMILES string of the molecule is Cc1ccc(CN(C)C(=O)c2ccccc2S)cc1. The van der Waals surface area contributed by atoms with E-state index in [4.69, 9.17) is 0 Å². The van der Waals surface area contributed by atoms with Crippen LogP contribution in [0.15, 0.2) is 53.4 Å². The van der Waals surface area contributed by atoms with Crippen molar-refractivity contribution in [3.8, 4) is 0 Å². The zero-order valence-electron chi connectivity index (χ0n) is 11.1. The number of aryl methyl sites for hydroxylation is 1. The molecule has 0 aliphatic rings. The fourth-order valence-corrected chi connectivity index (χ4v) is 2.16. The molecule has 0 aliphatic carbocycles. The first-order valence-electron chi connectivity index (χ1n) is 6.17. The molecule has 0 fully saturated rings. The average molecular weight is 271 g/mol. The van der Waals surface area contributed by atoms with Crippen molar-refractivity contribution in [2.75, 3.05) is 7.05 Å². The van der Waals surface area contributed by atoms with Gasteiger partial charge in [-0.25, -0.2) is 0 Å². The highest BCUT2D eigenvalue weighted by molar-refractivity contribution is 7.80. The molecular formula is C16H17NOS. The maximum Gasteiger partial charge on any atom is 0.255 e. The van der Waals surface area contributed by atoms with Gasteiger partial charge in [0.25, 0.3) is 5.91 Å². The van der Waals surface area contributed by atoms with Gasteiger partial charge >= 0.3 is 0 Å². The number of hydrogen-bond acceptors (Lipinski definition) is 2. The van der Waals surface area contributed by atoms with Crippen molar-refractivity contribution in [3.63, 3.8) is 0 Å². The lowest BCUT2D eigenvalue weighted by molar-refractivity contribution is 0.0782. The van der Waals surface area contributed by atoms with Crippen LogP contribution in [0.2, 0.25) is 0 Å². The standard InChI is InChI=1S/C16H17NOS/c1-12-7-9-13(10-8-12)11-17(2)16(18)14-5-3-4-6-15(14)19/h3-10,19H,11H2,1-2H3. The topological polar surface area (TPSA) is 20.3 Å². The van der Waals surface area contributed by atoms with Crippen molar-refractivity contribution < 1.29 is 4.79 Å². The monoisotopic (exact) mass is 271 g/mol. The van der Waals surface area contributed by atoms with Crippen LogP contribution in [0.3, 0.4) is 0 Å². The highest BCUT2D eigenvalue weighted by Crippen LogP contribution is 2.16. The summed E-state index contributed by atoms with van der Waals surface area (Å²) in [6, 6.07) is 15.6. The molecule has 0 bridgehead atoms. The predicted octanol–water partition coefficient (Wildman–Crippen LogP) is 3.56. The van der Waals surface area contributed by atoms with Crippen molar-refractivity contribution in [1.82, 2.24) is 4.90 Å². The third kappa shape index (κ3) is 3.38. The number of amides is 1. The van der Waals surface area contributed by atoms with Gasteiger partial charge in [-0.15, -0.1) is 12.6 Å². The van der Waals surface area contributed by atoms with E-state index in [1.54, 1.807) is 11.0 Å². The Morgan fingerprint density at radius 1 is 1.11 bits per heavy atom. The number of carbonyl (C=O) groups is 1. The molecule has 0 saturated carbocycles. The highest BCUT2D eigenvalue weighted by atomic mass is 32.1. The molecule has 0 saturated heterocycles. The van der Waals surface area contributed by atoms with Crippen LogP contribution < -0.4 is 0 Å². The summed E-state index contributed by atoms with van der Waals surface area (Å²) in [6.45, 7) is 2.65. The summed E-state index contributed by atoms with van der Waals surface area (Å²) in [5, 5.41) is 0. The van der Waals surface area contributed by atoms with Crippen LogP contribution >= 0.6 is 12.6 Å². The van der Waals surface area contributed by atoms with E-state index in [1.807, 2.05) is 37.4 Å². The van der Waals surface area contributed by atoms with Crippen molar-refractivity contribution in [1.29, 1.82) is 0 Å².